The summed E-state index contributed by atoms with van der Waals surface area (Å²) in [4.78, 5) is 11.9. The topological polar surface area (TPSA) is 101 Å². The predicted octanol–water partition coefficient (Wildman–Crippen LogP) is 3.18. The Balaban J connectivity index is 1.72. The third-order valence-electron chi connectivity index (χ3n) is 3.50. The predicted molar refractivity (Wildman–Crippen MR) is 92.8 cm³/mol. The van der Waals surface area contributed by atoms with Gasteiger partial charge in [-0.1, -0.05) is 11.2 Å². The maximum atomic E-state index is 13.2. The molecular formula is C17H14FN3O4S. The first-order chi connectivity index (χ1) is 12.3. The van der Waals surface area contributed by atoms with Gasteiger partial charge in [0.15, 0.2) is 0 Å². The van der Waals surface area contributed by atoms with Gasteiger partial charge in [-0.05, 0) is 49.4 Å². The summed E-state index contributed by atoms with van der Waals surface area (Å²) in [6.07, 6.45) is 1.31. The number of amides is 1. The number of sulfonamides is 1. The molecule has 0 fully saturated rings. The fourth-order valence-electron chi connectivity index (χ4n) is 2.18. The Morgan fingerprint density at radius 2 is 1.81 bits per heavy atom. The Morgan fingerprint density at radius 3 is 2.42 bits per heavy atom. The summed E-state index contributed by atoms with van der Waals surface area (Å²) in [7, 11) is -3.91. The number of rotatable bonds is 5. The quantitative estimate of drug-likeness (QED) is 0.713. The van der Waals surface area contributed by atoms with Crippen LogP contribution in [0.1, 0.15) is 16.1 Å². The van der Waals surface area contributed by atoms with Gasteiger partial charge < -0.3 is 9.84 Å². The second kappa shape index (κ2) is 6.96. The summed E-state index contributed by atoms with van der Waals surface area (Å²) in [5, 5.41) is 6.18. The third kappa shape index (κ3) is 3.89. The fraction of sp³-hybridized carbons (Fsp3) is 0.0588. The molecule has 0 aliphatic heterocycles. The highest BCUT2D eigenvalue weighted by Crippen LogP contribution is 2.19. The number of halogens is 1. The minimum Gasteiger partial charge on any atom is -0.361 e. The molecule has 26 heavy (non-hydrogen) atoms. The van der Waals surface area contributed by atoms with Crippen molar-refractivity contribution in [1.29, 1.82) is 0 Å². The van der Waals surface area contributed by atoms with Crippen LogP contribution in [0, 0.1) is 12.7 Å². The molecule has 0 saturated carbocycles. The number of hydrogen-bond donors (Lipinski definition) is 2. The van der Waals surface area contributed by atoms with Crippen molar-refractivity contribution in [1.82, 2.24) is 5.16 Å². The third-order valence-corrected chi connectivity index (χ3v) is 4.88. The van der Waals surface area contributed by atoms with Crippen molar-refractivity contribution < 1.29 is 22.1 Å². The standard InChI is InChI=1S/C17H14FN3O4S/c1-11-16(10-19-25-11)17(22)20-13-5-7-14(8-6-13)21-26(23,24)15-4-2-3-12(18)9-15/h2-10,21H,1H3,(H,20,22). The van der Waals surface area contributed by atoms with E-state index < -0.39 is 21.7 Å². The number of carbonyl (C=O) groups excluding carboxylic acids is 1. The molecule has 134 valence electrons. The molecule has 0 unspecified atom stereocenters. The van der Waals surface area contributed by atoms with Crippen LogP contribution in [-0.2, 0) is 10.0 Å². The number of aromatic nitrogens is 1. The number of aryl methyl sites for hydroxylation is 1. The Hall–Kier alpha value is -3.20. The van der Waals surface area contributed by atoms with Crippen molar-refractivity contribution in [3.8, 4) is 0 Å². The number of carbonyl (C=O) groups is 1. The summed E-state index contributed by atoms with van der Waals surface area (Å²) in [5.41, 5.74) is 1.04. The second-order valence-electron chi connectivity index (χ2n) is 5.39. The van der Waals surface area contributed by atoms with E-state index in [-0.39, 0.29) is 10.6 Å². The van der Waals surface area contributed by atoms with Crippen LogP contribution in [0.25, 0.3) is 0 Å². The van der Waals surface area contributed by atoms with E-state index in [1.54, 1.807) is 6.92 Å². The van der Waals surface area contributed by atoms with E-state index >= 15 is 0 Å². The van der Waals surface area contributed by atoms with Gasteiger partial charge in [-0.3, -0.25) is 9.52 Å². The molecule has 9 heteroatoms. The second-order valence-corrected chi connectivity index (χ2v) is 7.07. The van der Waals surface area contributed by atoms with E-state index in [0.29, 0.717) is 17.0 Å². The molecule has 2 aromatic carbocycles. The molecule has 3 aromatic rings. The molecule has 1 heterocycles. The first-order valence-corrected chi connectivity index (χ1v) is 8.94. The van der Waals surface area contributed by atoms with Crippen LogP contribution in [-0.4, -0.2) is 19.5 Å². The minimum absolute atomic E-state index is 0.183. The van der Waals surface area contributed by atoms with Crippen LogP contribution in [0.4, 0.5) is 15.8 Å². The molecule has 1 amide bonds. The average Bonchev–Trinajstić information content (AvgIpc) is 3.02. The zero-order chi connectivity index (χ0) is 18.7. The summed E-state index contributed by atoms with van der Waals surface area (Å²) in [6, 6.07) is 10.7. The van der Waals surface area contributed by atoms with Gasteiger partial charge >= 0.3 is 0 Å². The summed E-state index contributed by atoms with van der Waals surface area (Å²) in [5.74, 6) is -0.645. The molecule has 7 nitrogen and oxygen atoms in total. The van der Waals surface area contributed by atoms with Crippen molar-refractivity contribution in [3.63, 3.8) is 0 Å². The number of nitrogens with one attached hydrogen (secondary N) is 2. The zero-order valence-electron chi connectivity index (χ0n) is 13.6. The summed E-state index contributed by atoms with van der Waals surface area (Å²) in [6.45, 7) is 1.62. The Bertz CT molecular complexity index is 1050. The highest BCUT2D eigenvalue weighted by atomic mass is 32.2. The van der Waals surface area contributed by atoms with E-state index in [9.17, 15) is 17.6 Å². The Morgan fingerprint density at radius 1 is 1.12 bits per heavy atom. The molecule has 3 rings (SSSR count). The first-order valence-electron chi connectivity index (χ1n) is 7.46. The van der Waals surface area contributed by atoms with E-state index in [2.05, 4.69) is 15.2 Å². The summed E-state index contributed by atoms with van der Waals surface area (Å²) < 4.78 is 44.9. The highest BCUT2D eigenvalue weighted by Gasteiger charge is 2.16. The van der Waals surface area contributed by atoms with E-state index in [0.717, 1.165) is 12.1 Å². The van der Waals surface area contributed by atoms with Crippen LogP contribution in [0.2, 0.25) is 0 Å². The molecule has 2 N–H and O–H groups in total. The molecule has 0 atom stereocenters. The van der Waals surface area contributed by atoms with Gasteiger partial charge in [0.25, 0.3) is 15.9 Å². The van der Waals surface area contributed by atoms with Gasteiger partial charge in [0, 0.05) is 11.4 Å². The average molecular weight is 375 g/mol. The number of benzene rings is 2. The Labute approximate surface area is 148 Å². The molecule has 0 bridgehead atoms. The number of nitrogens with zero attached hydrogens (tertiary/aromatic N) is 1. The molecule has 0 aliphatic rings. The fourth-order valence-corrected chi connectivity index (χ4v) is 3.27. The lowest BCUT2D eigenvalue weighted by Crippen LogP contribution is -2.14. The molecule has 0 aliphatic carbocycles. The summed E-state index contributed by atoms with van der Waals surface area (Å²) >= 11 is 0. The van der Waals surface area contributed by atoms with Crippen molar-refractivity contribution in [3.05, 3.63) is 71.9 Å². The molecular weight excluding hydrogens is 361 g/mol. The van der Waals surface area contributed by atoms with Crippen molar-refractivity contribution in [2.45, 2.75) is 11.8 Å². The van der Waals surface area contributed by atoms with Crippen molar-refractivity contribution >= 4 is 27.3 Å². The molecule has 1 aromatic heterocycles. The largest absolute Gasteiger partial charge is 0.361 e. The number of anilines is 2. The monoisotopic (exact) mass is 375 g/mol. The SMILES string of the molecule is Cc1oncc1C(=O)Nc1ccc(NS(=O)(=O)c2cccc(F)c2)cc1. The van der Waals surface area contributed by atoms with Gasteiger partial charge in [0.1, 0.15) is 17.1 Å². The van der Waals surface area contributed by atoms with E-state index in [4.69, 9.17) is 4.52 Å². The van der Waals surface area contributed by atoms with Crippen LogP contribution in [0.5, 0.6) is 0 Å². The molecule has 0 radical (unpaired) electrons. The van der Waals surface area contributed by atoms with Gasteiger partial charge in [0.2, 0.25) is 0 Å². The van der Waals surface area contributed by atoms with Gasteiger partial charge in [-0.2, -0.15) is 0 Å². The van der Waals surface area contributed by atoms with E-state index in [1.165, 1.54) is 42.6 Å². The van der Waals surface area contributed by atoms with Crippen LogP contribution in [0.15, 0.2) is 64.1 Å². The van der Waals surface area contributed by atoms with Gasteiger partial charge in [0.05, 0.1) is 11.1 Å². The maximum Gasteiger partial charge on any atom is 0.261 e. The zero-order valence-corrected chi connectivity index (χ0v) is 14.4. The number of hydrogen-bond acceptors (Lipinski definition) is 5. The van der Waals surface area contributed by atoms with Crippen LogP contribution < -0.4 is 10.0 Å². The van der Waals surface area contributed by atoms with Crippen LogP contribution in [0.3, 0.4) is 0 Å². The van der Waals surface area contributed by atoms with Gasteiger partial charge in [-0.25, -0.2) is 12.8 Å². The smallest absolute Gasteiger partial charge is 0.261 e. The molecule has 0 spiro atoms. The maximum absolute atomic E-state index is 13.2. The first kappa shape index (κ1) is 17.6. The van der Waals surface area contributed by atoms with E-state index in [1.807, 2.05) is 0 Å². The van der Waals surface area contributed by atoms with Crippen molar-refractivity contribution in [2.24, 2.45) is 0 Å². The molecule has 0 saturated heterocycles. The normalized spacial score (nSPS) is 11.2. The highest BCUT2D eigenvalue weighted by molar-refractivity contribution is 7.92. The minimum atomic E-state index is -3.91. The lowest BCUT2D eigenvalue weighted by atomic mass is 10.2. The van der Waals surface area contributed by atoms with Gasteiger partial charge in [-0.15, -0.1) is 0 Å². The lowest BCUT2D eigenvalue weighted by molar-refractivity contribution is 0.102. The van der Waals surface area contributed by atoms with Crippen molar-refractivity contribution in [2.75, 3.05) is 10.0 Å². The lowest BCUT2D eigenvalue weighted by Gasteiger charge is -2.09. The van der Waals surface area contributed by atoms with Crippen LogP contribution >= 0.6 is 0 Å². The Kier molecular flexibility index (Phi) is 4.72.